The maximum absolute atomic E-state index is 13.4. The van der Waals surface area contributed by atoms with Crippen LogP contribution in [0.3, 0.4) is 0 Å². The van der Waals surface area contributed by atoms with Crippen LogP contribution in [-0.2, 0) is 16.2 Å². The van der Waals surface area contributed by atoms with Gasteiger partial charge in [-0.2, -0.15) is 0 Å². The zero-order valence-corrected chi connectivity index (χ0v) is 20.3. The predicted octanol–water partition coefficient (Wildman–Crippen LogP) is 2.81. The number of aliphatic hydroxyl groups is 4. The van der Waals surface area contributed by atoms with Gasteiger partial charge in [-0.15, -0.1) is 0 Å². The van der Waals surface area contributed by atoms with E-state index < -0.39 is 30.5 Å². The van der Waals surface area contributed by atoms with Crippen LogP contribution in [-0.4, -0.2) is 51.6 Å². The van der Waals surface area contributed by atoms with Gasteiger partial charge in [0.25, 0.3) is 0 Å². The number of fused-ring (bicyclic) bond motifs is 1. The van der Waals surface area contributed by atoms with E-state index in [0.29, 0.717) is 41.2 Å². The van der Waals surface area contributed by atoms with E-state index in [1.807, 2.05) is 13.0 Å². The van der Waals surface area contributed by atoms with Gasteiger partial charge in [-0.05, 0) is 67.2 Å². The van der Waals surface area contributed by atoms with E-state index in [1.165, 1.54) is 4.90 Å². The lowest BCUT2D eigenvalue weighted by Crippen LogP contribution is -2.39. The number of amides is 2. The van der Waals surface area contributed by atoms with Gasteiger partial charge in [0.05, 0.1) is 36.8 Å². The van der Waals surface area contributed by atoms with Crippen molar-refractivity contribution in [2.75, 3.05) is 18.1 Å². The Morgan fingerprint density at radius 3 is 2.44 bits per heavy atom. The molecule has 4 atom stereocenters. The van der Waals surface area contributed by atoms with Gasteiger partial charge >= 0.3 is 0 Å². The van der Waals surface area contributed by atoms with Crippen LogP contribution in [0.25, 0.3) is 6.08 Å². The summed E-state index contributed by atoms with van der Waals surface area (Å²) in [6.07, 6.45) is 2.64. The molecule has 1 fully saturated rings. The first-order valence-corrected chi connectivity index (χ1v) is 12.4. The molecule has 1 aromatic heterocycles. The monoisotopic (exact) mass is 495 g/mol. The number of anilines is 1. The molecule has 192 valence electrons. The number of hydrogen-bond donors (Lipinski definition) is 4. The van der Waals surface area contributed by atoms with Crippen molar-refractivity contribution in [2.24, 2.45) is 17.8 Å². The summed E-state index contributed by atoms with van der Waals surface area (Å²) in [5.41, 5.74) is 2.48. The van der Waals surface area contributed by atoms with E-state index >= 15 is 0 Å². The first-order chi connectivity index (χ1) is 17.4. The largest absolute Gasteiger partial charge is 0.459 e. The van der Waals surface area contributed by atoms with Crippen molar-refractivity contribution in [1.29, 1.82) is 0 Å². The summed E-state index contributed by atoms with van der Waals surface area (Å²) in [6.45, 7) is 1.05. The molecule has 1 aliphatic heterocycles. The Morgan fingerprint density at radius 1 is 1.08 bits per heavy atom. The fourth-order valence-corrected chi connectivity index (χ4v) is 5.52. The zero-order chi connectivity index (χ0) is 25.8. The highest BCUT2D eigenvalue weighted by Crippen LogP contribution is 2.47. The number of aliphatic hydroxyl groups excluding tert-OH is 4. The van der Waals surface area contributed by atoms with E-state index in [4.69, 9.17) is 4.42 Å². The Kier molecular flexibility index (Phi) is 8.21. The van der Waals surface area contributed by atoms with Crippen molar-refractivity contribution in [3.05, 3.63) is 70.7 Å². The van der Waals surface area contributed by atoms with E-state index in [1.54, 1.807) is 42.5 Å². The van der Waals surface area contributed by atoms with Gasteiger partial charge in [-0.3, -0.25) is 14.5 Å². The van der Waals surface area contributed by atoms with Crippen LogP contribution < -0.4 is 4.90 Å². The average molecular weight is 496 g/mol. The zero-order valence-electron chi connectivity index (χ0n) is 20.3. The molecule has 0 unspecified atom stereocenters. The number of allylic oxidation sites excluding steroid dienone is 1. The molecule has 1 saturated heterocycles. The fraction of sp³-hybridized carbons (Fsp3) is 0.429. The van der Waals surface area contributed by atoms with Crippen LogP contribution in [0.2, 0.25) is 0 Å². The lowest BCUT2D eigenvalue weighted by atomic mass is 9.68. The van der Waals surface area contributed by atoms with Crippen molar-refractivity contribution in [1.82, 2.24) is 0 Å². The molecule has 2 aromatic rings. The third-order valence-electron chi connectivity index (χ3n) is 7.32. The molecule has 0 radical (unpaired) electrons. The molecule has 0 spiro atoms. The predicted molar refractivity (Wildman–Crippen MR) is 133 cm³/mol. The topological polar surface area (TPSA) is 131 Å². The molecule has 2 aliphatic rings. The molecular formula is C28H33NO7. The number of nitrogens with zero attached hydrogens (tertiary/aromatic N) is 1. The van der Waals surface area contributed by atoms with E-state index in [0.717, 1.165) is 12.0 Å². The van der Waals surface area contributed by atoms with Crippen molar-refractivity contribution >= 4 is 23.6 Å². The summed E-state index contributed by atoms with van der Waals surface area (Å²) < 4.78 is 5.53. The summed E-state index contributed by atoms with van der Waals surface area (Å²) in [7, 11) is 0. The number of hydrogen-bond acceptors (Lipinski definition) is 7. The number of para-hydroxylation sites is 1. The average Bonchev–Trinajstić information content (AvgIpc) is 3.47. The van der Waals surface area contributed by atoms with Gasteiger partial charge in [0.1, 0.15) is 18.1 Å². The van der Waals surface area contributed by atoms with Crippen LogP contribution in [0.4, 0.5) is 5.69 Å². The molecule has 2 amide bonds. The van der Waals surface area contributed by atoms with Crippen molar-refractivity contribution in [3.63, 3.8) is 0 Å². The molecule has 8 nitrogen and oxygen atoms in total. The Hall–Kier alpha value is -3.04. The maximum Gasteiger partial charge on any atom is 0.238 e. The summed E-state index contributed by atoms with van der Waals surface area (Å²) in [5, 5.41) is 40.9. The second-order valence-corrected chi connectivity index (χ2v) is 9.36. The lowest BCUT2D eigenvalue weighted by molar-refractivity contribution is -0.123. The number of benzene rings is 1. The minimum Gasteiger partial charge on any atom is -0.459 e. The van der Waals surface area contributed by atoms with Gasteiger partial charge in [0, 0.05) is 5.92 Å². The third-order valence-corrected chi connectivity index (χ3v) is 7.32. The first-order valence-electron chi connectivity index (χ1n) is 12.4. The second-order valence-electron chi connectivity index (χ2n) is 9.36. The van der Waals surface area contributed by atoms with Crippen molar-refractivity contribution in [3.8, 4) is 0 Å². The molecule has 2 heterocycles. The Bertz CT molecular complexity index is 1150. The number of carbonyl (C=O) groups is 2. The highest BCUT2D eigenvalue weighted by atomic mass is 16.4. The van der Waals surface area contributed by atoms with Crippen molar-refractivity contribution < 1.29 is 34.4 Å². The maximum atomic E-state index is 13.4. The van der Waals surface area contributed by atoms with Crippen LogP contribution >= 0.6 is 0 Å². The van der Waals surface area contributed by atoms with Crippen LogP contribution in [0.5, 0.6) is 0 Å². The minimum atomic E-state index is -0.988. The van der Waals surface area contributed by atoms with Gasteiger partial charge in [0.2, 0.25) is 11.8 Å². The summed E-state index contributed by atoms with van der Waals surface area (Å²) in [4.78, 5) is 27.8. The molecule has 1 aromatic carbocycles. The second kappa shape index (κ2) is 11.3. The van der Waals surface area contributed by atoms with Gasteiger partial charge in [-0.25, -0.2) is 0 Å². The molecular weight excluding hydrogens is 462 g/mol. The summed E-state index contributed by atoms with van der Waals surface area (Å²) in [6, 6.07) is 12.2. The SMILES string of the molecule is CC/C(=C\c1ccc(CO)o1)CC[C@@H](O)C1=C(CO)C[C@H]2C(=O)N(c3ccccc3)C(=O)[C@H]2[C@H]1CO. The Labute approximate surface area is 210 Å². The Balaban J connectivity index is 1.56. The smallest absolute Gasteiger partial charge is 0.238 e. The van der Waals surface area contributed by atoms with Crippen LogP contribution in [0.1, 0.15) is 44.1 Å². The highest BCUT2D eigenvalue weighted by Gasteiger charge is 2.55. The van der Waals surface area contributed by atoms with Crippen LogP contribution in [0, 0.1) is 17.8 Å². The van der Waals surface area contributed by atoms with Crippen LogP contribution in [0.15, 0.2) is 63.6 Å². The molecule has 36 heavy (non-hydrogen) atoms. The van der Waals surface area contributed by atoms with Crippen molar-refractivity contribution in [2.45, 2.75) is 45.3 Å². The fourth-order valence-electron chi connectivity index (χ4n) is 5.52. The Morgan fingerprint density at radius 2 is 1.83 bits per heavy atom. The number of carbonyl (C=O) groups excluding carboxylic acids is 2. The quantitative estimate of drug-likeness (QED) is 0.294. The standard InChI is InChI=1S/C28H33NO7/c1-2-17(12-20-9-10-21(15-31)36-20)8-11-24(33)25-18(14-30)13-22-26(23(25)16-32)28(35)29(27(22)34)19-6-4-3-5-7-19/h3-7,9-10,12,22-24,26,30-33H,2,8,11,13-16H2,1H3/b17-12+/t22-,23+,24-,26-/m1/s1. The summed E-state index contributed by atoms with van der Waals surface area (Å²) >= 11 is 0. The first kappa shape index (κ1) is 26.0. The molecule has 0 saturated carbocycles. The third kappa shape index (κ3) is 4.95. The van der Waals surface area contributed by atoms with E-state index in [2.05, 4.69) is 0 Å². The van der Waals surface area contributed by atoms with Gasteiger partial charge in [-0.1, -0.05) is 30.7 Å². The molecule has 0 bridgehead atoms. The molecule has 1 aliphatic carbocycles. The normalized spacial score (nSPS) is 23.4. The highest BCUT2D eigenvalue weighted by molar-refractivity contribution is 6.22. The van der Waals surface area contributed by atoms with Gasteiger partial charge < -0.3 is 24.8 Å². The lowest BCUT2D eigenvalue weighted by Gasteiger charge is -2.36. The van der Waals surface area contributed by atoms with E-state index in [-0.39, 0.29) is 31.4 Å². The number of imide groups is 1. The number of furan rings is 1. The van der Waals surface area contributed by atoms with E-state index in [9.17, 15) is 30.0 Å². The molecule has 4 N–H and O–H groups in total. The molecule has 8 heteroatoms. The minimum absolute atomic E-state index is 0.171. The number of rotatable bonds is 10. The molecule has 4 rings (SSSR count). The summed E-state index contributed by atoms with van der Waals surface area (Å²) in [5.74, 6) is -1.86. The van der Waals surface area contributed by atoms with Gasteiger partial charge in [0.15, 0.2) is 0 Å².